The Labute approximate surface area is 201 Å². The number of aryl methyl sites for hydroxylation is 1. The molecule has 1 aromatic carbocycles. The molecule has 1 fully saturated rings. The summed E-state index contributed by atoms with van der Waals surface area (Å²) in [6, 6.07) is 21.1. The fourth-order valence-corrected chi connectivity index (χ4v) is 6.86. The summed E-state index contributed by atoms with van der Waals surface area (Å²) in [6.45, 7) is 2.02. The SMILES string of the molecule is Cc1c2nc(c(F)c3ccc(cc4nc(cc5ccc1[nH]5)C1C5CC(c6ccccc65)C41)[nH]3)C=C2. The van der Waals surface area contributed by atoms with E-state index in [1.807, 2.05) is 19.1 Å². The van der Waals surface area contributed by atoms with E-state index in [0.29, 0.717) is 34.9 Å². The molecule has 8 rings (SSSR count). The maximum Gasteiger partial charge on any atom is 0.172 e. The van der Waals surface area contributed by atoms with Crippen LogP contribution < -0.4 is 0 Å². The number of nitrogens with zero attached hydrogens (tertiary/aromatic N) is 2. The van der Waals surface area contributed by atoms with Crippen molar-refractivity contribution in [2.75, 3.05) is 0 Å². The summed E-state index contributed by atoms with van der Waals surface area (Å²) in [5.74, 6) is 1.33. The predicted molar refractivity (Wildman–Crippen MR) is 137 cm³/mol. The van der Waals surface area contributed by atoms with Crippen LogP contribution in [0.2, 0.25) is 0 Å². The van der Waals surface area contributed by atoms with Gasteiger partial charge in [0.2, 0.25) is 0 Å². The summed E-state index contributed by atoms with van der Waals surface area (Å²) < 4.78 is 15.3. The zero-order chi connectivity index (χ0) is 23.3. The largest absolute Gasteiger partial charge is 0.355 e. The molecule has 1 saturated carbocycles. The minimum Gasteiger partial charge on any atom is -0.355 e. The molecule has 4 nitrogen and oxygen atoms in total. The van der Waals surface area contributed by atoms with Crippen molar-refractivity contribution in [3.63, 3.8) is 0 Å². The van der Waals surface area contributed by atoms with Crippen molar-refractivity contribution in [2.45, 2.75) is 37.0 Å². The molecule has 5 heterocycles. The van der Waals surface area contributed by atoms with E-state index in [-0.39, 0.29) is 5.82 Å². The molecule has 10 bridgehead atoms. The van der Waals surface area contributed by atoms with Gasteiger partial charge in [-0.2, -0.15) is 0 Å². The van der Waals surface area contributed by atoms with Gasteiger partial charge in [0, 0.05) is 39.8 Å². The van der Waals surface area contributed by atoms with Crippen molar-refractivity contribution in [1.82, 2.24) is 19.9 Å². The lowest BCUT2D eigenvalue weighted by Crippen LogP contribution is -2.14. The van der Waals surface area contributed by atoms with E-state index >= 15 is 4.39 Å². The molecule has 0 radical (unpaired) electrons. The zero-order valence-electron chi connectivity index (χ0n) is 19.2. The van der Waals surface area contributed by atoms with Gasteiger partial charge in [0.15, 0.2) is 5.82 Å². The van der Waals surface area contributed by atoms with Crippen LogP contribution >= 0.6 is 0 Å². The van der Waals surface area contributed by atoms with E-state index in [1.165, 1.54) is 17.5 Å². The van der Waals surface area contributed by atoms with E-state index in [9.17, 15) is 0 Å². The fourth-order valence-electron chi connectivity index (χ4n) is 6.86. The smallest absolute Gasteiger partial charge is 0.172 e. The zero-order valence-corrected chi connectivity index (χ0v) is 19.2. The van der Waals surface area contributed by atoms with Crippen LogP contribution in [-0.2, 0) is 0 Å². The predicted octanol–water partition coefficient (Wildman–Crippen LogP) is 7.08. The second-order valence-electron chi connectivity index (χ2n) is 10.2. The fraction of sp³-hybridized carbons (Fsp3) is 0.200. The Bertz CT molecular complexity index is 1620. The molecule has 4 aliphatic rings. The third-order valence-electron chi connectivity index (χ3n) is 8.41. The molecule has 4 unspecified atom stereocenters. The molecular weight excluding hydrogens is 435 g/mol. The Kier molecular flexibility index (Phi) is 3.75. The number of rotatable bonds is 0. The van der Waals surface area contributed by atoms with E-state index in [0.717, 1.165) is 39.2 Å². The highest BCUT2D eigenvalue weighted by atomic mass is 19.1. The van der Waals surface area contributed by atoms with Crippen molar-refractivity contribution in [3.8, 4) is 0 Å². The highest BCUT2D eigenvalue weighted by Crippen LogP contribution is 2.67. The van der Waals surface area contributed by atoms with Crippen LogP contribution in [0.3, 0.4) is 0 Å². The highest BCUT2D eigenvalue weighted by molar-refractivity contribution is 5.78. The molecule has 4 atom stereocenters. The van der Waals surface area contributed by atoms with Crippen molar-refractivity contribution < 1.29 is 4.39 Å². The van der Waals surface area contributed by atoms with Gasteiger partial charge in [-0.3, -0.25) is 4.98 Å². The molecule has 3 aromatic heterocycles. The van der Waals surface area contributed by atoms with E-state index in [2.05, 4.69) is 63.5 Å². The molecule has 170 valence electrons. The van der Waals surface area contributed by atoms with Gasteiger partial charge < -0.3 is 9.97 Å². The maximum atomic E-state index is 15.3. The summed E-state index contributed by atoms with van der Waals surface area (Å²) in [7, 11) is 0. The van der Waals surface area contributed by atoms with Gasteiger partial charge in [0.1, 0.15) is 5.69 Å². The van der Waals surface area contributed by atoms with Gasteiger partial charge >= 0.3 is 0 Å². The molecule has 5 heteroatoms. The molecule has 0 saturated heterocycles. The van der Waals surface area contributed by atoms with Gasteiger partial charge in [0.25, 0.3) is 0 Å². The van der Waals surface area contributed by atoms with Crippen molar-refractivity contribution in [2.24, 2.45) is 0 Å². The summed E-state index contributed by atoms with van der Waals surface area (Å²) in [5.41, 5.74) is 10.6. The standard InChI is InChI=1S/C30H23FN4/c1-15-22-8-6-16(32-22)12-26-28-20-14-21(19-5-3-2-4-18(19)20)29(28)27(35-26)13-17-7-9-24(33-17)30(31)25-11-10-23(15)34-25/h2-13,20-21,28-29,32-33H,14H2,1H3. The first kappa shape index (κ1) is 19.3. The molecular formula is C30H23FN4. The lowest BCUT2D eigenvalue weighted by Gasteiger charge is -2.27. The van der Waals surface area contributed by atoms with Crippen LogP contribution in [0.4, 0.5) is 4.39 Å². The maximum absolute atomic E-state index is 15.3. The van der Waals surface area contributed by atoms with Crippen molar-refractivity contribution in [3.05, 3.63) is 106 Å². The molecule has 4 aromatic rings. The number of aromatic nitrogens is 4. The van der Waals surface area contributed by atoms with Crippen molar-refractivity contribution >= 4 is 34.2 Å². The third-order valence-corrected chi connectivity index (χ3v) is 8.41. The quantitative estimate of drug-likeness (QED) is 0.260. The number of H-pyrrole nitrogens is 2. The molecule has 0 amide bonds. The summed E-state index contributed by atoms with van der Waals surface area (Å²) in [4.78, 5) is 16.6. The number of fused-ring (bicyclic) bond motifs is 18. The first-order valence-corrected chi connectivity index (χ1v) is 12.3. The van der Waals surface area contributed by atoms with Crippen LogP contribution in [0.25, 0.3) is 34.2 Å². The Balaban J connectivity index is 1.44. The van der Waals surface area contributed by atoms with Gasteiger partial charge in [-0.15, -0.1) is 0 Å². The van der Waals surface area contributed by atoms with Gasteiger partial charge in [0.05, 0.1) is 11.2 Å². The lowest BCUT2D eigenvalue weighted by atomic mass is 9.75. The molecule has 0 spiro atoms. The van der Waals surface area contributed by atoms with Gasteiger partial charge in [-0.1, -0.05) is 24.3 Å². The topological polar surface area (TPSA) is 57.4 Å². The van der Waals surface area contributed by atoms with Crippen LogP contribution in [-0.4, -0.2) is 19.9 Å². The minimum atomic E-state index is -0.344. The van der Waals surface area contributed by atoms with E-state index in [1.54, 1.807) is 12.1 Å². The van der Waals surface area contributed by atoms with Crippen LogP contribution in [0, 0.1) is 12.7 Å². The average Bonchev–Trinajstić information content (AvgIpc) is 3.70. The van der Waals surface area contributed by atoms with Gasteiger partial charge in [-0.05, 0) is 90.4 Å². The van der Waals surface area contributed by atoms with Crippen molar-refractivity contribution in [1.29, 1.82) is 0 Å². The molecule has 35 heavy (non-hydrogen) atoms. The van der Waals surface area contributed by atoms with E-state index < -0.39 is 0 Å². The van der Waals surface area contributed by atoms with Crippen LogP contribution in [0.15, 0.2) is 60.7 Å². The number of nitrogens with one attached hydrogen (secondary N) is 2. The Morgan fingerprint density at radius 3 is 2.03 bits per heavy atom. The molecule has 2 aliphatic carbocycles. The first-order valence-electron chi connectivity index (χ1n) is 12.3. The number of hydrogen-bond donors (Lipinski definition) is 2. The average molecular weight is 459 g/mol. The lowest BCUT2D eigenvalue weighted by molar-refractivity contribution is 0.548. The third kappa shape index (κ3) is 2.66. The minimum absolute atomic E-state index is 0.344. The summed E-state index contributed by atoms with van der Waals surface area (Å²) in [6.07, 6.45) is 4.79. The Morgan fingerprint density at radius 1 is 0.743 bits per heavy atom. The Morgan fingerprint density at radius 2 is 1.34 bits per heavy atom. The molecule has 2 N–H and O–H groups in total. The first-order chi connectivity index (χ1) is 17.1. The number of aromatic amines is 2. The van der Waals surface area contributed by atoms with Crippen LogP contribution in [0.5, 0.6) is 0 Å². The normalized spacial score (nSPS) is 23.5. The highest BCUT2D eigenvalue weighted by Gasteiger charge is 2.54. The number of benzene rings is 1. The van der Waals surface area contributed by atoms with Crippen LogP contribution in [0.1, 0.15) is 69.6 Å². The monoisotopic (exact) mass is 458 g/mol. The number of halogens is 1. The number of hydrogen-bond acceptors (Lipinski definition) is 2. The molecule has 2 aliphatic heterocycles. The Hall–Kier alpha value is -3.99. The summed E-state index contributed by atoms with van der Waals surface area (Å²) in [5, 5.41) is 0. The van der Waals surface area contributed by atoms with E-state index in [4.69, 9.17) is 4.98 Å². The summed E-state index contributed by atoms with van der Waals surface area (Å²) >= 11 is 0. The second-order valence-corrected chi connectivity index (χ2v) is 10.2. The van der Waals surface area contributed by atoms with Gasteiger partial charge in [-0.25, -0.2) is 9.37 Å². The second kappa shape index (κ2) is 6.79.